The van der Waals surface area contributed by atoms with Gasteiger partial charge in [0.2, 0.25) is 5.91 Å². The Morgan fingerprint density at radius 1 is 1.13 bits per heavy atom. The van der Waals surface area contributed by atoms with Gasteiger partial charge in [-0.2, -0.15) is 0 Å². The third-order valence-electron chi connectivity index (χ3n) is 4.75. The molecule has 1 atom stereocenters. The molecule has 10 nitrogen and oxygen atoms in total. The van der Waals surface area contributed by atoms with Crippen molar-refractivity contribution in [3.05, 3.63) is 56.8 Å². The maximum absolute atomic E-state index is 12.7. The molecule has 11 heteroatoms. The zero-order chi connectivity index (χ0) is 21.7. The van der Waals surface area contributed by atoms with E-state index in [1.54, 1.807) is 23.6 Å². The normalized spacial score (nSPS) is 14.8. The largest absolute Gasteiger partial charge is 0.394 e. The van der Waals surface area contributed by atoms with E-state index in [2.05, 4.69) is 5.32 Å². The first-order chi connectivity index (χ1) is 14.4. The molecule has 0 saturated carbocycles. The topological polar surface area (TPSA) is 133 Å². The number of benzene rings is 1. The van der Waals surface area contributed by atoms with Crippen LogP contribution in [0.2, 0.25) is 0 Å². The number of piperazine rings is 1. The quantitative estimate of drug-likeness (QED) is 0.284. The number of nitro groups is 1. The fourth-order valence-corrected chi connectivity index (χ4v) is 3.78. The Bertz CT molecular complexity index is 923. The average molecular weight is 432 g/mol. The van der Waals surface area contributed by atoms with Gasteiger partial charge in [0.1, 0.15) is 6.04 Å². The van der Waals surface area contributed by atoms with Gasteiger partial charge in [-0.05, 0) is 23.6 Å². The highest BCUT2D eigenvalue weighted by Gasteiger charge is 2.30. The van der Waals surface area contributed by atoms with Gasteiger partial charge in [0.05, 0.1) is 16.4 Å². The Balaban J connectivity index is 1.55. The highest BCUT2D eigenvalue weighted by molar-refractivity contribution is 7.13. The van der Waals surface area contributed by atoms with Gasteiger partial charge in [-0.25, -0.2) is 0 Å². The van der Waals surface area contributed by atoms with E-state index in [1.165, 1.54) is 23.1 Å². The number of nitro benzene ring substituents is 1. The van der Waals surface area contributed by atoms with Gasteiger partial charge < -0.3 is 20.2 Å². The second-order valence-electron chi connectivity index (χ2n) is 6.60. The lowest BCUT2D eigenvalue weighted by molar-refractivity contribution is -0.384. The number of ketones is 1. The first kappa shape index (κ1) is 21.4. The predicted octanol–water partition coefficient (Wildman–Crippen LogP) is 0.665. The van der Waals surface area contributed by atoms with E-state index in [9.17, 15) is 29.6 Å². The number of non-ortho nitro benzene ring substituents is 1. The molecule has 1 aliphatic rings. The molecule has 2 aromatic rings. The van der Waals surface area contributed by atoms with E-state index in [0.29, 0.717) is 26.2 Å². The third kappa shape index (κ3) is 4.81. The van der Waals surface area contributed by atoms with Crippen LogP contribution in [0.3, 0.4) is 0 Å². The second-order valence-corrected chi connectivity index (χ2v) is 7.55. The molecule has 0 radical (unpaired) electrons. The smallest absolute Gasteiger partial charge is 0.293 e. The van der Waals surface area contributed by atoms with Crippen LogP contribution in [-0.2, 0) is 9.59 Å². The molecular weight excluding hydrogens is 412 g/mol. The number of amides is 2. The molecular formula is C19H20N4O6S. The van der Waals surface area contributed by atoms with E-state index in [4.69, 9.17) is 0 Å². The zero-order valence-corrected chi connectivity index (χ0v) is 16.7. The Kier molecular flexibility index (Phi) is 6.75. The van der Waals surface area contributed by atoms with Crippen molar-refractivity contribution in [1.82, 2.24) is 10.2 Å². The standard InChI is InChI=1S/C19H20N4O6S/c24-12-15(20-18(26)17(25)16-2-1-11-30-16)19(27)22-9-7-21(8-10-22)13-3-5-14(6-4-13)23(28)29/h1-6,11,15,24H,7-10,12H2,(H,20,26)/t15-/m0/s1. The molecule has 0 bridgehead atoms. The molecule has 2 heterocycles. The van der Waals surface area contributed by atoms with Crippen molar-refractivity contribution in [2.24, 2.45) is 0 Å². The minimum absolute atomic E-state index is 0.00573. The van der Waals surface area contributed by atoms with Crippen LogP contribution in [-0.4, -0.2) is 71.4 Å². The number of thiophene rings is 1. The molecule has 3 rings (SSSR count). The Morgan fingerprint density at radius 2 is 1.80 bits per heavy atom. The van der Waals surface area contributed by atoms with Crippen molar-refractivity contribution < 1.29 is 24.4 Å². The predicted molar refractivity (Wildman–Crippen MR) is 110 cm³/mol. The van der Waals surface area contributed by atoms with Gasteiger partial charge in [-0.15, -0.1) is 11.3 Å². The summed E-state index contributed by atoms with van der Waals surface area (Å²) >= 11 is 1.12. The Labute approximate surface area is 175 Å². The molecule has 2 amide bonds. The molecule has 1 aromatic heterocycles. The van der Waals surface area contributed by atoms with Gasteiger partial charge in [0.25, 0.3) is 17.4 Å². The molecule has 0 spiro atoms. The van der Waals surface area contributed by atoms with Gasteiger partial charge >= 0.3 is 0 Å². The highest BCUT2D eigenvalue weighted by Crippen LogP contribution is 2.21. The summed E-state index contributed by atoms with van der Waals surface area (Å²) in [6, 6.07) is 8.12. The minimum atomic E-state index is -1.20. The van der Waals surface area contributed by atoms with E-state index < -0.39 is 35.2 Å². The summed E-state index contributed by atoms with van der Waals surface area (Å²) in [4.78, 5) is 50.9. The van der Waals surface area contributed by atoms with Gasteiger partial charge in [-0.3, -0.25) is 24.5 Å². The number of rotatable bonds is 7. The molecule has 1 aliphatic heterocycles. The van der Waals surface area contributed by atoms with Crippen LogP contribution in [0.15, 0.2) is 41.8 Å². The zero-order valence-electron chi connectivity index (χ0n) is 15.9. The summed E-state index contributed by atoms with van der Waals surface area (Å²) in [5.41, 5.74) is 0.812. The number of carbonyl (C=O) groups excluding carboxylic acids is 3. The number of nitrogens with one attached hydrogen (secondary N) is 1. The van der Waals surface area contributed by atoms with Crippen molar-refractivity contribution in [1.29, 1.82) is 0 Å². The molecule has 1 saturated heterocycles. The molecule has 158 valence electrons. The number of aliphatic hydroxyl groups excluding tert-OH is 1. The van der Waals surface area contributed by atoms with Crippen molar-refractivity contribution >= 4 is 40.3 Å². The Morgan fingerprint density at radius 3 is 2.33 bits per heavy atom. The summed E-state index contributed by atoms with van der Waals surface area (Å²) in [5.74, 6) is -2.15. The highest BCUT2D eigenvalue weighted by atomic mass is 32.1. The SMILES string of the molecule is O=C(N[C@@H](CO)C(=O)N1CCN(c2ccc([N+](=O)[O-])cc2)CC1)C(=O)c1cccs1. The molecule has 0 unspecified atom stereocenters. The lowest BCUT2D eigenvalue weighted by atomic mass is 10.2. The van der Waals surface area contributed by atoms with Crippen molar-refractivity contribution in [3.8, 4) is 0 Å². The van der Waals surface area contributed by atoms with Crippen LogP contribution in [0.4, 0.5) is 11.4 Å². The van der Waals surface area contributed by atoms with Crippen LogP contribution < -0.4 is 10.2 Å². The number of carbonyl (C=O) groups is 3. The number of Topliss-reactive ketones (excluding diaryl/α,β-unsaturated/α-hetero) is 1. The van der Waals surface area contributed by atoms with Crippen molar-refractivity contribution in [3.63, 3.8) is 0 Å². The minimum Gasteiger partial charge on any atom is -0.394 e. The van der Waals surface area contributed by atoms with Crippen LogP contribution in [0, 0.1) is 10.1 Å². The Hall–Kier alpha value is -3.31. The van der Waals surface area contributed by atoms with Crippen LogP contribution in [0.5, 0.6) is 0 Å². The lowest BCUT2D eigenvalue weighted by Crippen LogP contribution is -2.56. The fourth-order valence-electron chi connectivity index (χ4n) is 3.12. The van der Waals surface area contributed by atoms with Crippen molar-refractivity contribution in [2.45, 2.75) is 6.04 Å². The summed E-state index contributed by atoms with van der Waals surface area (Å²) in [5, 5.41) is 24.3. The van der Waals surface area contributed by atoms with Gasteiger partial charge in [0.15, 0.2) is 0 Å². The van der Waals surface area contributed by atoms with Gasteiger partial charge in [-0.1, -0.05) is 6.07 Å². The molecule has 1 fully saturated rings. The van der Waals surface area contributed by atoms with E-state index in [1.807, 2.05) is 4.90 Å². The van der Waals surface area contributed by atoms with Crippen LogP contribution >= 0.6 is 11.3 Å². The van der Waals surface area contributed by atoms with Gasteiger partial charge in [0, 0.05) is 44.0 Å². The summed E-state index contributed by atoms with van der Waals surface area (Å²) in [7, 11) is 0. The average Bonchev–Trinajstić information content (AvgIpc) is 3.31. The van der Waals surface area contributed by atoms with Crippen LogP contribution in [0.1, 0.15) is 9.67 Å². The molecule has 1 aromatic carbocycles. The number of nitrogens with zero attached hydrogens (tertiary/aromatic N) is 3. The molecule has 30 heavy (non-hydrogen) atoms. The second kappa shape index (κ2) is 9.46. The summed E-state index contributed by atoms with van der Waals surface area (Å²) < 4.78 is 0. The van der Waals surface area contributed by atoms with Crippen molar-refractivity contribution in [2.75, 3.05) is 37.7 Å². The number of hydrogen-bond donors (Lipinski definition) is 2. The maximum Gasteiger partial charge on any atom is 0.293 e. The van der Waals surface area contributed by atoms with E-state index in [0.717, 1.165) is 17.0 Å². The maximum atomic E-state index is 12.7. The molecule has 2 N–H and O–H groups in total. The number of hydrogen-bond acceptors (Lipinski definition) is 8. The lowest BCUT2D eigenvalue weighted by Gasteiger charge is -2.37. The summed E-state index contributed by atoms with van der Waals surface area (Å²) in [6.45, 7) is 1.06. The monoisotopic (exact) mass is 432 g/mol. The molecule has 0 aliphatic carbocycles. The first-order valence-electron chi connectivity index (χ1n) is 9.18. The van der Waals surface area contributed by atoms with E-state index >= 15 is 0 Å². The van der Waals surface area contributed by atoms with Crippen LogP contribution in [0.25, 0.3) is 0 Å². The number of aliphatic hydroxyl groups is 1. The third-order valence-corrected chi connectivity index (χ3v) is 5.62. The number of anilines is 1. The first-order valence-corrected chi connectivity index (χ1v) is 10.1. The van der Waals surface area contributed by atoms with E-state index in [-0.39, 0.29) is 10.6 Å². The summed E-state index contributed by atoms with van der Waals surface area (Å²) in [6.07, 6.45) is 0. The fraction of sp³-hybridized carbons (Fsp3) is 0.316.